The van der Waals surface area contributed by atoms with Crippen LogP contribution in [0.2, 0.25) is 0 Å². The predicted octanol–water partition coefficient (Wildman–Crippen LogP) is 5.72. The third-order valence-electron chi connectivity index (χ3n) is 4.41. The molecule has 0 saturated heterocycles. The van der Waals surface area contributed by atoms with Gasteiger partial charge in [0.1, 0.15) is 17.1 Å². The fourth-order valence-corrected chi connectivity index (χ4v) is 3.17. The molecule has 0 aliphatic heterocycles. The zero-order valence-corrected chi connectivity index (χ0v) is 14.7. The molecule has 124 valence electrons. The average molecular weight is 328 g/mol. The second-order valence-corrected chi connectivity index (χ2v) is 6.35. The number of hydrogen-bond acceptors (Lipinski definition) is 2. The van der Waals surface area contributed by atoms with E-state index in [1.54, 1.807) is 0 Å². The van der Waals surface area contributed by atoms with Crippen LogP contribution in [0.3, 0.4) is 0 Å². The summed E-state index contributed by atoms with van der Waals surface area (Å²) in [4.78, 5) is 4.86. The lowest BCUT2D eigenvalue weighted by molar-refractivity contribution is 0.481. The van der Waals surface area contributed by atoms with Gasteiger partial charge < -0.3 is 9.14 Å². The fourth-order valence-electron chi connectivity index (χ4n) is 3.17. The monoisotopic (exact) mass is 328 g/mol. The van der Waals surface area contributed by atoms with E-state index in [1.807, 2.05) is 42.5 Å². The van der Waals surface area contributed by atoms with Crippen molar-refractivity contribution in [3.05, 3.63) is 83.7 Å². The van der Waals surface area contributed by atoms with Gasteiger partial charge >= 0.3 is 0 Å². The van der Waals surface area contributed by atoms with Crippen molar-refractivity contribution in [2.45, 2.75) is 20.8 Å². The molecule has 3 nitrogen and oxygen atoms in total. The molecule has 0 spiro atoms. The highest BCUT2D eigenvalue weighted by Gasteiger charge is 2.13. The maximum Gasteiger partial charge on any atom is 0.141 e. The zero-order chi connectivity index (χ0) is 17.4. The summed E-state index contributed by atoms with van der Waals surface area (Å²) in [5.41, 5.74) is 6.55. The Morgan fingerprint density at radius 2 is 1.52 bits per heavy atom. The van der Waals surface area contributed by atoms with E-state index in [-0.39, 0.29) is 0 Å². The first kappa shape index (κ1) is 15.5. The molecule has 3 heteroatoms. The lowest BCUT2D eigenvalue weighted by Crippen LogP contribution is -1.95. The Kier molecular flexibility index (Phi) is 3.77. The Morgan fingerprint density at radius 1 is 0.800 bits per heavy atom. The largest absolute Gasteiger partial charge is 0.457 e. The Balaban J connectivity index is 1.80. The van der Waals surface area contributed by atoms with Crippen LogP contribution in [-0.2, 0) is 0 Å². The summed E-state index contributed by atoms with van der Waals surface area (Å²) in [6.45, 7) is 6.29. The SMILES string of the molecule is Cc1ccc(-c2nc3cc(Oc4ccccc4)cc(C)n3c2C)cc1. The second kappa shape index (κ2) is 6.10. The average Bonchev–Trinajstić information content (AvgIpc) is 2.93. The van der Waals surface area contributed by atoms with Crippen molar-refractivity contribution in [1.82, 2.24) is 9.38 Å². The smallest absolute Gasteiger partial charge is 0.141 e. The molecular formula is C22H20N2O. The summed E-state index contributed by atoms with van der Waals surface area (Å²) >= 11 is 0. The highest BCUT2D eigenvalue weighted by Crippen LogP contribution is 2.29. The van der Waals surface area contributed by atoms with Gasteiger partial charge in [-0.15, -0.1) is 0 Å². The quantitative estimate of drug-likeness (QED) is 0.481. The molecule has 2 aromatic heterocycles. The van der Waals surface area contributed by atoms with Crippen LogP contribution in [-0.4, -0.2) is 9.38 Å². The van der Waals surface area contributed by atoms with E-state index in [9.17, 15) is 0 Å². The number of imidazole rings is 1. The standard InChI is InChI=1S/C22H20N2O/c1-15-9-11-18(12-10-15)22-17(3)24-16(2)13-20(14-21(24)23-22)25-19-7-5-4-6-8-19/h4-14H,1-3H3. The van der Waals surface area contributed by atoms with Crippen molar-refractivity contribution < 1.29 is 4.74 Å². The van der Waals surface area contributed by atoms with Gasteiger partial charge in [0.15, 0.2) is 0 Å². The number of pyridine rings is 1. The summed E-state index contributed by atoms with van der Waals surface area (Å²) in [7, 11) is 0. The zero-order valence-electron chi connectivity index (χ0n) is 14.7. The van der Waals surface area contributed by atoms with Crippen molar-refractivity contribution in [2.24, 2.45) is 0 Å². The van der Waals surface area contributed by atoms with Gasteiger partial charge in [0.05, 0.1) is 5.69 Å². The van der Waals surface area contributed by atoms with Crippen molar-refractivity contribution in [3.8, 4) is 22.8 Å². The number of rotatable bonds is 3. The predicted molar refractivity (Wildman–Crippen MR) is 101 cm³/mol. The second-order valence-electron chi connectivity index (χ2n) is 6.35. The first-order chi connectivity index (χ1) is 12.1. The first-order valence-electron chi connectivity index (χ1n) is 8.41. The molecule has 0 aliphatic carbocycles. The Bertz CT molecular complexity index is 1030. The normalized spacial score (nSPS) is 11.0. The van der Waals surface area contributed by atoms with Crippen molar-refractivity contribution in [3.63, 3.8) is 0 Å². The molecule has 0 fully saturated rings. The van der Waals surface area contributed by atoms with E-state index in [2.05, 4.69) is 49.4 Å². The van der Waals surface area contributed by atoms with Crippen LogP contribution in [0.25, 0.3) is 16.9 Å². The molecule has 0 radical (unpaired) electrons. The number of fused-ring (bicyclic) bond motifs is 1. The maximum absolute atomic E-state index is 5.98. The lowest BCUT2D eigenvalue weighted by Gasteiger charge is -2.09. The summed E-state index contributed by atoms with van der Waals surface area (Å²) < 4.78 is 8.16. The van der Waals surface area contributed by atoms with Gasteiger partial charge in [-0.3, -0.25) is 0 Å². The van der Waals surface area contributed by atoms with Crippen LogP contribution in [0.15, 0.2) is 66.7 Å². The van der Waals surface area contributed by atoms with E-state index in [0.717, 1.165) is 39.8 Å². The topological polar surface area (TPSA) is 26.5 Å². The number of ether oxygens (including phenoxy) is 1. The van der Waals surface area contributed by atoms with Crippen molar-refractivity contribution in [2.75, 3.05) is 0 Å². The van der Waals surface area contributed by atoms with Gasteiger partial charge in [-0.2, -0.15) is 0 Å². The number of para-hydroxylation sites is 1. The van der Waals surface area contributed by atoms with Crippen molar-refractivity contribution in [1.29, 1.82) is 0 Å². The number of aromatic nitrogens is 2. The highest BCUT2D eigenvalue weighted by molar-refractivity contribution is 5.67. The summed E-state index contributed by atoms with van der Waals surface area (Å²) in [5, 5.41) is 0. The summed E-state index contributed by atoms with van der Waals surface area (Å²) in [6, 6.07) is 22.4. The first-order valence-corrected chi connectivity index (χ1v) is 8.41. The van der Waals surface area contributed by atoms with Crippen LogP contribution in [0.5, 0.6) is 11.5 Å². The minimum absolute atomic E-state index is 0.802. The number of nitrogens with zero attached hydrogens (tertiary/aromatic N) is 2. The highest BCUT2D eigenvalue weighted by atomic mass is 16.5. The molecule has 4 rings (SSSR count). The van der Waals surface area contributed by atoms with Crippen LogP contribution in [0, 0.1) is 20.8 Å². The minimum Gasteiger partial charge on any atom is -0.457 e. The lowest BCUT2D eigenvalue weighted by atomic mass is 10.1. The van der Waals surface area contributed by atoms with Crippen molar-refractivity contribution >= 4 is 5.65 Å². The molecule has 0 saturated carbocycles. The van der Waals surface area contributed by atoms with Gasteiger partial charge in [-0.25, -0.2) is 4.98 Å². The van der Waals surface area contributed by atoms with Crippen LogP contribution in [0.1, 0.15) is 17.0 Å². The number of benzene rings is 2. The maximum atomic E-state index is 5.98. The van der Waals surface area contributed by atoms with Gasteiger partial charge in [0.2, 0.25) is 0 Å². The Labute approximate surface area is 147 Å². The van der Waals surface area contributed by atoms with Gasteiger partial charge in [-0.1, -0.05) is 48.0 Å². The van der Waals surface area contributed by atoms with E-state index < -0.39 is 0 Å². The molecule has 4 aromatic rings. The number of aryl methyl sites for hydroxylation is 3. The van der Waals surface area contributed by atoms with Crippen LogP contribution in [0.4, 0.5) is 0 Å². The molecule has 0 atom stereocenters. The number of hydrogen-bond donors (Lipinski definition) is 0. The third kappa shape index (κ3) is 2.89. The molecule has 0 aliphatic rings. The van der Waals surface area contributed by atoms with E-state index in [0.29, 0.717) is 0 Å². The van der Waals surface area contributed by atoms with E-state index in [1.165, 1.54) is 5.56 Å². The molecule has 0 amide bonds. The summed E-state index contributed by atoms with van der Waals surface area (Å²) in [6.07, 6.45) is 0. The minimum atomic E-state index is 0.802. The van der Waals surface area contributed by atoms with Gasteiger partial charge in [0, 0.05) is 29.1 Å². The molecule has 0 bridgehead atoms. The van der Waals surface area contributed by atoms with E-state index >= 15 is 0 Å². The third-order valence-corrected chi connectivity index (χ3v) is 4.41. The van der Waals surface area contributed by atoms with Gasteiger partial charge in [-0.05, 0) is 32.9 Å². The molecular weight excluding hydrogens is 308 g/mol. The molecule has 2 heterocycles. The van der Waals surface area contributed by atoms with E-state index in [4.69, 9.17) is 9.72 Å². The summed E-state index contributed by atoms with van der Waals surface area (Å²) in [5.74, 6) is 1.63. The van der Waals surface area contributed by atoms with Crippen LogP contribution >= 0.6 is 0 Å². The molecule has 2 aromatic carbocycles. The van der Waals surface area contributed by atoms with Gasteiger partial charge in [0.25, 0.3) is 0 Å². The Hall–Kier alpha value is -3.07. The Morgan fingerprint density at radius 3 is 2.24 bits per heavy atom. The molecule has 0 unspecified atom stereocenters. The molecule has 0 N–H and O–H groups in total. The molecule has 25 heavy (non-hydrogen) atoms. The van der Waals surface area contributed by atoms with Crippen LogP contribution < -0.4 is 4.74 Å². The fraction of sp³-hybridized carbons (Fsp3) is 0.136.